The summed E-state index contributed by atoms with van der Waals surface area (Å²) in [5.74, 6) is 0.984. The SMILES string of the molecule is COc1ccc(CN2C(=O)CNc3ncc(C(=O)NCc4nc(C)c(C)s4)cc32)cc1. The molecule has 160 valence electrons. The van der Waals surface area contributed by atoms with Crippen LogP contribution in [0.5, 0.6) is 5.75 Å². The van der Waals surface area contributed by atoms with E-state index in [0.29, 0.717) is 30.2 Å². The lowest BCUT2D eigenvalue weighted by molar-refractivity contribution is -0.117. The predicted octanol–water partition coefficient (Wildman–Crippen LogP) is 3.05. The number of fused-ring (bicyclic) bond motifs is 1. The van der Waals surface area contributed by atoms with Crippen LogP contribution in [0, 0.1) is 13.8 Å². The lowest BCUT2D eigenvalue weighted by Crippen LogP contribution is -2.40. The van der Waals surface area contributed by atoms with Gasteiger partial charge in [0.05, 0.1) is 43.7 Å². The number of rotatable bonds is 6. The second-order valence-electron chi connectivity index (χ2n) is 7.21. The summed E-state index contributed by atoms with van der Waals surface area (Å²) in [6.07, 6.45) is 1.51. The van der Waals surface area contributed by atoms with Crippen LogP contribution in [0.4, 0.5) is 11.5 Å². The highest BCUT2D eigenvalue weighted by molar-refractivity contribution is 7.11. The number of aryl methyl sites for hydroxylation is 2. The molecule has 0 saturated carbocycles. The largest absolute Gasteiger partial charge is 0.497 e. The lowest BCUT2D eigenvalue weighted by Gasteiger charge is -2.29. The number of carbonyl (C=O) groups excluding carboxylic acids is 2. The highest BCUT2D eigenvalue weighted by Crippen LogP contribution is 2.30. The highest BCUT2D eigenvalue weighted by Gasteiger charge is 2.26. The van der Waals surface area contributed by atoms with Crippen molar-refractivity contribution in [3.05, 3.63) is 63.2 Å². The van der Waals surface area contributed by atoms with Gasteiger partial charge in [-0.05, 0) is 37.6 Å². The fraction of sp³-hybridized carbons (Fsp3) is 0.273. The number of nitrogens with one attached hydrogen (secondary N) is 2. The number of ether oxygens (including phenoxy) is 1. The molecule has 2 N–H and O–H groups in total. The van der Waals surface area contributed by atoms with Gasteiger partial charge in [-0.2, -0.15) is 0 Å². The summed E-state index contributed by atoms with van der Waals surface area (Å²) in [4.78, 5) is 36.9. The highest BCUT2D eigenvalue weighted by atomic mass is 32.1. The Morgan fingerprint density at radius 1 is 1.29 bits per heavy atom. The zero-order chi connectivity index (χ0) is 22.0. The van der Waals surface area contributed by atoms with E-state index in [1.807, 2.05) is 38.1 Å². The molecule has 31 heavy (non-hydrogen) atoms. The predicted molar refractivity (Wildman–Crippen MR) is 120 cm³/mol. The summed E-state index contributed by atoms with van der Waals surface area (Å²) in [7, 11) is 1.61. The maximum atomic E-state index is 12.7. The third kappa shape index (κ3) is 4.51. The van der Waals surface area contributed by atoms with Gasteiger partial charge in [-0.1, -0.05) is 12.1 Å². The zero-order valence-electron chi connectivity index (χ0n) is 17.6. The Morgan fingerprint density at radius 3 is 2.74 bits per heavy atom. The number of benzene rings is 1. The van der Waals surface area contributed by atoms with Gasteiger partial charge in [0.2, 0.25) is 5.91 Å². The van der Waals surface area contributed by atoms with Crippen LogP contribution in [0.2, 0.25) is 0 Å². The number of hydrogen-bond donors (Lipinski definition) is 2. The molecule has 0 aliphatic carbocycles. The van der Waals surface area contributed by atoms with Crippen LogP contribution in [0.1, 0.15) is 31.5 Å². The summed E-state index contributed by atoms with van der Waals surface area (Å²) < 4.78 is 5.19. The quantitative estimate of drug-likeness (QED) is 0.615. The summed E-state index contributed by atoms with van der Waals surface area (Å²) >= 11 is 1.57. The number of methoxy groups -OCH3 is 1. The van der Waals surface area contributed by atoms with Crippen LogP contribution in [-0.2, 0) is 17.9 Å². The Balaban J connectivity index is 1.53. The molecule has 0 spiro atoms. The van der Waals surface area contributed by atoms with Gasteiger partial charge in [0.25, 0.3) is 5.91 Å². The molecule has 0 fully saturated rings. The normalized spacial score (nSPS) is 12.9. The van der Waals surface area contributed by atoms with E-state index in [1.165, 1.54) is 6.20 Å². The van der Waals surface area contributed by atoms with Crippen LogP contribution >= 0.6 is 11.3 Å². The molecule has 1 aliphatic heterocycles. The van der Waals surface area contributed by atoms with Gasteiger partial charge >= 0.3 is 0 Å². The Bertz CT molecular complexity index is 1110. The van der Waals surface area contributed by atoms with Crippen LogP contribution in [0.15, 0.2) is 36.5 Å². The minimum Gasteiger partial charge on any atom is -0.497 e. The Hall–Kier alpha value is -3.46. The first-order valence-electron chi connectivity index (χ1n) is 9.83. The first-order chi connectivity index (χ1) is 14.9. The van der Waals surface area contributed by atoms with Crippen LogP contribution in [0.25, 0.3) is 0 Å². The van der Waals surface area contributed by atoms with Crippen molar-refractivity contribution < 1.29 is 14.3 Å². The molecule has 3 aromatic rings. The van der Waals surface area contributed by atoms with Crippen LogP contribution in [0.3, 0.4) is 0 Å². The Morgan fingerprint density at radius 2 is 2.06 bits per heavy atom. The Kier molecular flexibility index (Phi) is 5.85. The van der Waals surface area contributed by atoms with Gasteiger partial charge < -0.3 is 20.3 Å². The number of nitrogens with zero attached hydrogens (tertiary/aromatic N) is 3. The van der Waals surface area contributed by atoms with Gasteiger partial charge in [-0.3, -0.25) is 9.59 Å². The van der Waals surface area contributed by atoms with E-state index in [9.17, 15) is 9.59 Å². The first-order valence-corrected chi connectivity index (χ1v) is 10.6. The number of anilines is 2. The molecule has 0 unspecified atom stereocenters. The molecular weight excluding hydrogens is 414 g/mol. The first kappa shape index (κ1) is 20.8. The van der Waals surface area contributed by atoms with Crippen molar-refractivity contribution in [2.24, 2.45) is 0 Å². The number of hydrogen-bond acceptors (Lipinski definition) is 7. The fourth-order valence-corrected chi connectivity index (χ4v) is 4.14. The fourth-order valence-electron chi connectivity index (χ4n) is 3.27. The van der Waals surface area contributed by atoms with Crippen molar-refractivity contribution in [2.45, 2.75) is 26.9 Å². The third-order valence-electron chi connectivity index (χ3n) is 5.10. The van der Waals surface area contributed by atoms with Gasteiger partial charge in [-0.25, -0.2) is 9.97 Å². The van der Waals surface area contributed by atoms with Gasteiger partial charge in [0, 0.05) is 11.1 Å². The summed E-state index contributed by atoms with van der Waals surface area (Å²) in [5.41, 5.74) is 2.90. The van der Waals surface area contributed by atoms with Crippen molar-refractivity contribution >= 4 is 34.7 Å². The van der Waals surface area contributed by atoms with E-state index < -0.39 is 0 Å². The molecule has 0 bridgehead atoms. The third-order valence-corrected chi connectivity index (χ3v) is 6.17. The second-order valence-corrected chi connectivity index (χ2v) is 8.49. The van der Waals surface area contributed by atoms with E-state index in [-0.39, 0.29) is 18.4 Å². The Labute approximate surface area is 184 Å². The average molecular weight is 438 g/mol. The van der Waals surface area contributed by atoms with Gasteiger partial charge in [0.1, 0.15) is 10.8 Å². The van der Waals surface area contributed by atoms with E-state index >= 15 is 0 Å². The molecule has 1 aliphatic rings. The molecule has 4 rings (SSSR count). The summed E-state index contributed by atoms with van der Waals surface area (Å²) in [6.45, 7) is 4.84. The summed E-state index contributed by atoms with van der Waals surface area (Å²) in [5, 5.41) is 6.75. The zero-order valence-corrected chi connectivity index (χ0v) is 18.4. The van der Waals surface area contributed by atoms with E-state index in [0.717, 1.165) is 26.9 Å². The van der Waals surface area contributed by atoms with E-state index in [2.05, 4.69) is 20.6 Å². The van der Waals surface area contributed by atoms with Gasteiger partial charge in [-0.15, -0.1) is 11.3 Å². The molecule has 0 atom stereocenters. The monoisotopic (exact) mass is 437 g/mol. The second kappa shape index (κ2) is 8.73. The van der Waals surface area contributed by atoms with Crippen molar-refractivity contribution in [2.75, 3.05) is 23.9 Å². The number of amides is 2. The van der Waals surface area contributed by atoms with E-state index in [1.54, 1.807) is 29.4 Å². The van der Waals surface area contributed by atoms with Crippen molar-refractivity contribution in [1.29, 1.82) is 0 Å². The van der Waals surface area contributed by atoms with Crippen molar-refractivity contribution in [3.63, 3.8) is 0 Å². The molecule has 0 saturated heterocycles. The lowest BCUT2D eigenvalue weighted by atomic mass is 10.1. The number of thiazole rings is 1. The topological polar surface area (TPSA) is 96.5 Å². The maximum Gasteiger partial charge on any atom is 0.253 e. The number of pyridine rings is 1. The smallest absolute Gasteiger partial charge is 0.253 e. The standard InChI is InChI=1S/C22H23N5O3S/c1-13-14(2)31-19(26-13)10-25-22(29)16-8-18-21(23-9-16)24-11-20(28)27(18)12-15-4-6-17(30-3)7-5-15/h4-9H,10-12H2,1-3H3,(H,23,24)(H,25,29). The van der Waals surface area contributed by atoms with Crippen LogP contribution < -0.4 is 20.3 Å². The average Bonchev–Trinajstić information content (AvgIpc) is 3.11. The number of carbonyl (C=O) groups is 2. The molecule has 1 aromatic carbocycles. The molecule has 8 nitrogen and oxygen atoms in total. The van der Waals surface area contributed by atoms with Crippen molar-refractivity contribution in [3.8, 4) is 5.75 Å². The molecular formula is C22H23N5O3S. The molecule has 3 heterocycles. The maximum absolute atomic E-state index is 12.7. The number of aromatic nitrogens is 2. The van der Waals surface area contributed by atoms with Crippen LogP contribution in [-0.4, -0.2) is 35.4 Å². The minimum absolute atomic E-state index is 0.0867. The van der Waals surface area contributed by atoms with Crippen molar-refractivity contribution in [1.82, 2.24) is 15.3 Å². The molecule has 9 heteroatoms. The molecule has 2 aromatic heterocycles. The van der Waals surface area contributed by atoms with Gasteiger partial charge in [0.15, 0.2) is 5.82 Å². The minimum atomic E-state index is -0.261. The summed E-state index contributed by atoms with van der Waals surface area (Å²) in [6, 6.07) is 9.23. The van der Waals surface area contributed by atoms with E-state index in [4.69, 9.17) is 4.74 Å². The molecule has 2 amide bonds. The molecule has 0 radical (unpaired) electrons.